The van der Waals surface area contributed by atoms with Gasteiger partial charge in [-0.15, -0.1) is 11.3 Å². The van der Waals surface area contributed by atoms with Crippen LogP contribution in [0.25, 0.3) is 0 Å². The quantitative estimate of drug-likeness (QED) is 0.771. The van der Waals surface area contributed by atoms with Crippen molar-refractivity contribution in [3.63, 3.8) is 0 Å². The van der Waals surface area contributed by atoms with Crippen LogP contribution in [0.5, 0.6) is 0 Å². The molecule has 0 amide bonds. The zero-order valence-corrected chi connectivity index (χ0v) is 14.9. The number of sulfonamides is 1. The van der Waals surface area contributed by atoms with Crippen LogP contribution in [0.4, 0.5) is 0 Å². The Bertz CT molecular complexity index is 827. The van der Waals surface area contributed by atoms with Gasteiger partial charge in [0.05, 0.1) is 10.4 Å². The molecule has 3 rings (SSSR count). The van der Waals surface area contributed by atoms with Crippen molar-refractivity contribution in [2.45, 2.75) is 30.0 Å². The van der Waals surface area contributed by atoms with E-state index in [0.717, 1.165) is 16.9 Å². The molecule has 0 bridgehead atoms. The largest absolute Gasteiger partial charge is 0.292 e. The maximum atomic E-state index is 12.8. The lowest BCUT2D eigenvalue weighted by Crippen LogP contribution is -2.40. The predicted octanol–water partition coefficient (Wildman–Crippen LogP) is 3.75. The van der Waals surface area contributed by atoms with E-state index in [2.05, 4.69) is 0 Å². The molecule has 1 aliphatic heterocycles. The Morgan fingerprint density at radius 3 is 2.52 bits per heavy atom. The van der Waals surface area contributed by atoms with Crippen LogP contribution < -0.4 is 0 Å². The van der Waals surface area contributed by atoms with Gasteiger partial charge in [-0.05, 0) is 31.9 Å². The summed E-state index contributed by atoms with van der Waals surface area (Å²) < 4.78 is 27.5. The Labute approximate surface area is 144 Å². The molecule has 4 nitrogen and oxygen atoms in total. The summed E-state index contributed by atoms with van der Waals surface area (Å²) in [5, 5.41) is 0. The van der Waals surface area contributed by atoms with Gasteiger partial charge in [0.15, 0.2) is 5.78 Å². The topological polar surface area (TPSA) is 54.5 Å². The van der Waals surface area contributed by atoms with Crippen LogP contribution >= 0.6 is 22.9 Å². The number of ketones is 1. The molecular weight excluding hydrogens is 354 g/mol. The van der Waals surface area contributed by atoms with Gasteiger partial charge in [-0.1, -0.05) is 41.4 Å². The molecule has 0 aliphatic carbocycles. The minimum atomic E-state index is -3.68. The van der Waals surface area contributed by atoms with Crippen LogP contribution in [-0.4, -0.2) is 31.1 Å². The lowest BCUT2D eigenvalue weighted by atomic mass is 10.0. The van der Waals surface area contributed by atoms with Crippen molar-refractivity contribution in [3.8, 4) is 0 Å². The van der Waals surface area contributed by atoms with E-state index in [-0.39, 0.29) is 9.99 Å². The van der Waals surface area contributed by atoms with Gasteiger partial charge >= 0.3 is 0 Å². The molecule has 23 heavy (non-hydrogen) atoms. The fourth-order valence-electron chi connectivity index (χ4n) is 2.75. The first-order valence-corrected chi connectivity index (χ1v) is 9.91. The smallest absolute Gasteiger partial charge is 0.253 e. The summed E-state index contributed by atoms with van der Waals surface area (Å²) in [5.41, 5.74) is 1.61. The average molecular weight is 370 g/mol. The number of hydrogen-bond donors (Lipinski definition) is 0. The number of rotatable bonds is 4. The van der Waals surface area contributed by atoms with Crippen molar-refractivity contribution >= 4 is 38.7 Å². The summed E-state index contributed by atoms with van der Waals surface area (Å²) in [6.45, 7) is 2.31. The van der Waals surface area contributed by atoms with Gasteiger partial charge in [0.25, 0.3) is 10.0 Å². The van der Waals surface area contributed by atoms with Gasteiger partial charge in [0, 0.05) is 12.1 Å². The summed E-state index contributed by atoms with van der Waals surface area (Å²) in [6, 6.07) is 9.65. The summed E-state index contributed by atoms with van der Waals surface area (Å²) in [4.78, 5) is 12.7. The van der Waals surface area contributed by atoms with Gasteiger partial charge < -0.3 is 0 Å². The molecule has 0 saturated carbocycles. The van der Waals surface area contributed by atoms with Crippen molar-refractivity contribution in [2.75, 3.05) is 6.54 Å². The molecule has 122 valence electrons. The van der Waals surface area contributed by atoms with Gasteiger partial charge in [0.2, 0.25) is 0 Å². The second kappa shape index (κ2) is 6.36. The first-order valence-electron chi connectivity index (χ1n) is 7.27. The van der Waals surface area contributed by atoms with E-state index in [0.29, 0.717) is 29.3 Å². The van der Waals surface area contributed by atoms with Gasteiger partial charge in [-0.2, -0.15) is 4.31 Å². The fraction of sp³-hybridized carbons (Fsp3) is 0.312. The number of thiophene rings is 1. The molecule has 0 N–H and O–H groups in total. The first kappa shape index (κ1) is 16.6. The van der Waals surface area contributed by atoms with E-state index >= 15 is 0 Å². The third kappa shape index (κ3) is 3.21. The maximum Gasteiger partial charge on any atom is 0.253 e. The van der Waals surface area contributed by atoms with E-state index in [4.69, 9.17) is 11.6 Å². The van der Waals surface area contributed by atoms with Gasteiger partial charge in [-0.3, -0.25) is 4.79 Å². The summed E-state index contributed by atoms with van der Waals surface area (Å²) in [6.07, 6.45) is 1.23. The highest BCUT2D eigenvalue weighted by molar-refractivity contribution is 7.91. The molecule has 1 fully saturated rings. The molecule has 1 aliphatic rings. The molecule has 0 radical (unpaired) electrons. The van der Waals surface area contributed by atoms with E-state index < -0.39 is 16.1 Å². The maximum absolute atomic E-state index is 12.8. The van der Waals surface area contributed by atoms with Crippen molar-refractivity contribution in [2.24, 2.45) is 0 Å². The average Bonchev–Trinajstić information content (AvgIpc) is 3.16. The Hall–Kier alpha value is -1.21. The van der Waals surface area contributed by atoms with Crippen LogP contribution in [0.15, 0.2) is 40.6 Å². The van der Waals surface area contributed by atoms with E-state index in [1.807, 2.05) is 19.1 Å². The third-order valence-electron chi connectivity index (χ3n) is 3.95. The normalized spacial score (nSPS) is 19.1. The summed E-state index contributed by atoms with van der Waals surface area (Å²) in [5.74, 6) is -0.145. The van der Waals surface area contributed by atoms with Crippen LogP contribution in [-0.2, 0) is 10.0 Å². The molecule has 1 aromatic carbocycles. The highest BCUT2D eigenvalue weighted by Crippen LogP contribution is 2.33. The van der Waals surface area contributed by atoms with Crippen LogP contribution in [0, 0.1) is 6.92 Å². The third-order valence-corrected chi connectivity index (χ3v) is 7.56. The Kier molecular flexibility index (Phi) is 4.60. The minimum absolute atomic E-state index is 0.145. The number of carbonyl (C=O) groups is 1. The summed E-state index contributed by atoms with van der Waals surface area (Å²) in [7, 11) is -3.68. The van der Waals surface area contributed by atoms with Crippen LogP contribution in [0.2, 0.25) is 4.34 Å². The molecule has 1 unspecified atom stereocenters. The van der Waals surface area contributed by atoms with E-state index in [9.17, 15) is 13.2 Å². The molecule has 1 atom stereocenters. The van der Waals surface area contributed by atoms with E-state index in [1.54, 1.807) is 18.2 Å². The van der Waals surface area contributed by atoms with Gasteiger partial charge in [0.1, 0.15) is 4.21 Å². The SMILES string of the molecule is Cc1ccc(C(=O)C2CCCN2S(=O)(=O)c2ccc(Cl)s2)cc1. The molecule has 1 aromatic heterocycles. The Morgan fingerprint density at radius 1 is 1.22 bits per heavy atom. The van der Waals surface area contributed by atoms with Crippen molar-refractivity contribution < 1.29 is 13.2 Å². The number of Topliss-reactive ketones (excluding diaryl/α,β-unsaturated/α-hetero) is 1. The second-order valence-electron chi connectivity index (χ2n) is 5.56. The standard InChI is InChI=1S/C16H16ClNO3S2/c1-11-4-6-12(7-5-11)16(19)13-3-2-10-18(13)23(20,21)15-9-8-14(17)22-15/h4-9,13H,2-3,10H2,1H3. The highest BCUT2D eigenvalue weighted by Gasteiger charge is 2.40. The van der Waals surface area contributed by atoms with Crippen molar-refractivity contribution in [1.82, 2.24) is 4.31 Å². The minimum Gasteiger partial charge on any atom is -0.292 e. The molecule has 2 aromatic rings. The number of aryl methyl sites for hydroxylation is 1. The number of carbonyl (C=O) groups excluding carboxylic acids is 1. The molecule has 1 saturated heterocycles. The van der Waals surface area contributed by atoms with E-state index in [1.165, 1.54) is 10.4 Å². The number of nitrogens with zero attached hydrogens (tertiary/aromatic N) is 1. The highest BCUT2D eigenvalue weighted by atomic mass is 35.5. The molecule has 0 spiro atoms. The zero-order chi connectivity index (χ0) is 16.6. The van der Waals surface area contributed by atoms with Crippen LogP contribution in [0.3, 0.4) is 0 Å². The lowest BCUT2D eigenvalue weighted by Gasteiger charge is -2.22. The zero-order valence-electron chi connectivity index (χ0n) is 12.5. The van der Waals surface area contributed by atoms with Crippen molar-refractivity contribution in [3.05, 3.63) is 51.9 Å². The summed E-state index contributed by atoms with van der Waals surface area (Å²) >= 11 is 6.87. The second-order valence-corrected chi connectivity index (χ2v) is 9.40. The fourth-order valence-corrected chi connectivity index (χ4v) is 6.02. The first-order chi connectivity index (χ1) is 10.9. The number of benzene rings is 1. The monoisotopic (exact) mass is 369 g/mol. The Morgan fingerprint density at radius 2 is 1.91 bits per heavy atom. The van der Waals surface area contributed by atoms with Crippen LogP contribution in [0.1, 0.15) is 28.8 Å². The Balaban J connectivity index is 1.91. The number of hydrogen-bond acceptors (Lipinski definition) is 4. The van der Waals surface area contributed by atoms with Crippen molar-refractivity contribution in [1.29, 1.82) is 0 Å². The number of halogens is 1. The van der Waals surface area contributed by atoms with Gasteiger partial charge in [-0.25, -0.2) is 8.42 Å². The molecular formula is C16H16ClNO3S2. The predicted molar refractivity (Wildman–Crippen MR) is 91.8 cm³/mol. The molecule has 7 heteroatoms. The molecule has 2 heterocycles. The lowest BCUT2D eigenvalue weighted by molar-refractivity contribution is 0.0918.